The van der Waals surface area contributed by atoms with Crippen LogP contribution < -0.4 is 0 Å². The van der Waals surface area contributed by atoms with Gasteiger partial charge in [0.15, 0.2) is 5.78 Å². The van der Waals surface area contributed by atoms with Crippen LogP contribution in [0.2, 0.25) is 0 Å². The van der Waals surface area contributed by atoms with Crippen LogP contribution in [0, 0.1) is 5.92 Å². The van der Waals surface area contributed by atoms with Gasteiger partial charge in [0, 0.05) is 13.1 Å². The van der Waals surface area contributed by atoms with Gasteiger partial charge in [0.2, 0.25) is 0 Å². The molecule has 1 aliphatic rings. The van der Waals surface area contributed by atoms with Crippen LogP contribution in [0.15, 0.2) is 60.7 Å². The molecular formula is C20H21NO3. The maximum absolute atomic E-state index is 12.7. The summed E-state index contributed by atoms with van der Waals surface area (Å²) in [6.45, 7) is 1.28. The molecule has 2 atom stereocenters. The Bertz CT molecular complexity index is 699. The van der Waals surface area contributed by atoms with E-state index in [1.54, 1.807) is 0 Å². The Morgan fingerprint density at radius 3 is 2.17 bits per heavy atom. The van der Waals surface area contributed by atoms with E-state index in [9.17, 15) is 14.7 Å². The van der Waals surface area contributed by atoms with E-state index in [0.717, 1.165) is 11.1 Å². The third-order valence-corrected chi connectivity index (χ3v) is 4.62. The van der Waals surface area contributed by atoms with Gasteiger partial charge in [-0.3, -0.25) is 14.5 Å². The minimum absolute atomic E-state index is 0.173. The number of nitrogens with zero attached hydrogens (tertiary/aromatic N) is 1. The first kappa shape index (κ1) is 16.4. The molecule has 2 aromatic rings. The van der Waals surface area contributed by atoms with Gasteiger partial charge in [0.05, 0.1) is 6.04 Å². The molecule has 0 spiro atoms. The fourth-order valence-electron chi connectivity index (χ4n) is 3.32. The zero-order chi connectivity index (χ0) is 16.9. The van der Waals surface area contributed by atoms with Crippen molar-refractivity contribution in [2.75, 3.05) is 6.54 Å². The first-order chi connectivity index (χ1) is 11.6. The maximum Gasteiger partial charge on any atom is 0.314 e. The van der Waals surface area contributed by atoms with Gasteiger partial charge in [-0.15, -0.1) is 0 Å². The number of carbonyl (C=O) groups is 2. The van der Waals surface area contributed by atoms with Gasteiger partial charge in [0.25, 0.3) is 0 Å². The molecule has 0 bridgehead atoms. The minimum Gasteiger partial charge on any atom is -0.481 e. The number of hydrogen-bond acceptors (Lipinski definition) is 3. The smallest absolute Gasteiger partial charge is 0.314 e. The fourth-order valence-corrected chi connectivity index (χ4v) is 3.32. The molecule has 0 aromatic heterocycles. The maximum atomic E-state index is 12.7. The van der Waals surface area contributed by atoms with Gasteiger partial charge >= 0.3 is 5.97 Å². The standard InChI is InChI=1S/C20H21NO3/c22-19-17(20(23)24)11-12-21(14-16-9-5-2-6-10-16)18(19)13-15-7-3-1-4-8-15/h1-10,17-18H,11-14H2,(H,23,24). The van der Waals surface area contributed by atoms with E-state index in [1.165, 1.54) is 0 Å². The van der Waals surface area contributed by atoms with Crippen LogP contribution in [0.1, 0.15) is 17.5 Å². The van der Waals surface area contributed by atoms with Crippen LogP contribution in [0.5, 0.6) is 0 Å². The number of rotatable bonds is 5. The number of benzene rings is 2. The summed E-state index contributed by atoms with van der Waals surface area (Å²) < 4.78 is 0. The van der Waals surface area contributed by atoms with Crippen LogP contribution in [0.3, 0.4) is 0 Å². The van der Waals surface area contributed by atoms with Gasteiger partial charge in [-0.25, -0.2) is 0 Å². The van der Waals surface area contributed by atoms with Crippen molar-refractivity contribution < 1.29 is 14.7 Å². The summed E-state index contributed by atoms with van der Waals surface area (Å²) in [5.74, 6) is -2.06. The van der Waals surface area contributed by atoms with Gasteiger partial charge < -0.3 is 5.11 Å². The second-order valence-electron chi connectivity index (χ2n) is 6.24. The number of piperidine rings is 1. The Hall–Kier alpha value is -2.46. The number of ketones is 1. The number of carbonyl (C=O) groups excluding carboxylic acids is 1. The molecule has 1 N–H and O–H groups in total. The second kappa shape index (κ2) is 7.41. The molecule has 0 saturated carbocycles. The van der Waals surface area contributed by atoms with Crippen LogP contribution >= 0.6 is 0 Å². The number of likely N-dealkylation sites (tertiary alicyclic amines) is 1. The highest BCUT2D eigenvalue weighted by Gasteiger charge is 2.39. The van der Waals surface area contributed by atoms with Crippen molar-refractivity contribution in [1.29, 1.82) is 0 Å². The average Bonchev–Trinajstić information content (AvgIpc) is 2.59. The summed E-state index contributed by atoms with van der Waals surface area (Å²) in [5, 5.41) is 9.33. The Balaban J connectivity index is 1.82. The first-order valence-corrected chi connectivity index (χ1v) is 8.23. The predicted molar refractivity (Wildman–Crippen MR) is 91.5 cm³/mol. The molecule has 0 radical (unpaired) electrons. The summed E-state index contributed by atoms with van der Waals surface area (Å²) in [4.78, 5) is 26.3. The summed E-state index contributed by atoms with van der Waals surface area (Å²) in [6.07, 6.45) is 0.933. The molecular weight excluding hydrogens is 302 g/mol. The number of carboxylic acids is 1. The van der Waals surface area contributed by atoms with E-state index in [4.69, 9.17) is 0 Å². The quantitative estimate of drug-likeness (QED) is 0.860. The molecule has 2 aromatic carbocycles. The SMILES string of the molecule is O=C(O)C1CCN(Cc2ccccc2)C(Cc2ccccc2)C1=O. The summed E-state index contributed by atoms with van der Waals surface area (Å²) in [7, 11) is 0. The lowest BCUT2D eigenvalue weighted by Gasteiger charge is -2.37. The Morgan fingerprint density at radius 1 is 1.00 bits per heavy atom. The lowest BCUT2D eigenvalue weighted by atomic mass is 9.86. The number of carboxylic acid groups (broad SMARTS) is 1. The van der Waals surface area contributed by atoms with E-state index < -0.39 is 11.9 Å². The zero-order valence-corrected chi connectivity index (χ0v) is 13.5. The number of hydrogen-bond donors (Lipinski definition) is 1. The van der Waals surface area contributed by atoms with Crippen molar-refractivity contribution in [3.05, 3.63) is 71.8 Å². The van der Waals surface area contributed by atoms with E-state index in [-0.39, 0.29) is 11.8 Å². The van der Waals surface area contributed by atoms with Crippen molar-refractivity contribution in [2.45, 2.75) is 25.4 Å². The van der Waals surface area contributed by atoms with Crippen molar-refractivity contribution in [3.63, 3.8) is 0 Å². The van der Waals surface area contributed by atoms with Crippen LogP contribution in [-0.4, -0.2) is 34.3 Å². The van der Waals surface area contributed by atoms with E-state index in [1.807, 2.05) is 60.7 Å². The van der Waals surface area contributed by atoms with Crippen molar-refractivity contribution in [2.24, 2.45) is 5.92 Å². The van der Waals surface area contributed by atoms with Crippen molar-refractivity contribution >= 4 is 11.8 Å². The molecule has 2 unspecified atom stereocenters. The summed E-state index contributed by atoms with van der Waals surface area (Å²) in [5.41, 5.74) is 2.19. The minimum atomic E-state index is -1.00. The molecule has 4 nitrogen and oxygen atoms in total. The first-order valence-electron chi connectivity index (χ1n) is 8.23. The van der Waals surface area contributed by atoms with Gasteiger partial charge in [-0.2, -0.15) is 0 Å². The van der Waals surface area contributed by atoms with Crippen LogP contribution in [0.4, 0.5) is 0 Å². The molecule has 1 heterocycles. The summed E-state index contributed by atoms with van der Waals surface area (Å²) in [6, 6.07) is 19.4. The summed E-state index contributed by atoms with van der Waals surface area (Å²) >= 11 is 0. The second-order valence-corrected chi connectivity index (χ2v) is 6.24. The Kier molecular flexibility index (Phi) is 5.06. The third kappa shape index (κ3) is 3.71. The van der Waals surface area contributed by atoms with Crippen LogP contribution in [0.25, 0.3) is 0 Å². The van der Waals surface area contributed by atoms with Gasteiger partial charge in [-0.1, -0.05) is 60.7 Å². The lowest BCUT2D eigenvalue weighted by Crippen LogP contribution is -2.52. The molecule has 0 amide bonds. The highest BCUT2D eigenvalue weighted by Crippen LogP contribution is 2.24. The highest BCUT2D eigenvalue weighted by molar-refractivity contribution is 6.01. The van der Waals surface area contributed by atoms with Crippen molar-refractivity contribution in [1.82, 2.24) is 4.90 Å². The Labute approximate surface area is 141 Å². The number of aliphatic carboxylic acids is 1. The highest BCUT2D eigenvalue weighted by atomic mass is 16.4. The number of Topliss-reactive ketones (excluding diaryl/α,β-unsaturated/α-hetero) is 1. The van der Waals surface area contributed by atoms with E-state index >= 15 is 0 Å². The molecule has 24 heavy (non-hydrogen) atoms. The molecule has 0 aliphatic carbocycles. The molecule has 1 saturated heterocycles. The monoisotopic (exact) mass is 323 g/mol. The normalized spacial score (nSPS) is 21.6. The van der Waals surface area contributed by atoms with E-state index in [0.29, 0.717) is 25.9 Å². The topological polar surface area (TPSA) is 57.6 Å². The molecule has 4 heteroatoms. The fraction of sp³-hybridized carbons (Fsp3) is 0.300. The zero-order valence-electron chi connectivity index (χ0n) is 13.5. The molecule has 124 valence electrons. The van der Waals surface area contributed by atoms with Gasteiger partial charge in [-0.05, 0) is 24.0 Å². The van der Waals surface area contributed by atoms with Crippen molar-refractivity contribution in [3.8, 4) is 0 Å². The molecule has 1 fully saturated rings. The predicted octanol–water partition coefficient (Wildman–Crippen LogP) is 2.77. The molecule has 1 aliphatic heterocycles. The van der Waals surface area contributed by atoms with E-state index in [2.05, 4.69) is 4.90 Å². The van der Waals surface area contributed by atoms with Gasteiger partial charge in [0.1, 0.15) is 5.92 Å². The molecule has 3 rings (SSSR count). The van der Waals surface area contributed by atoms with Crippen LogP contribution in [-0.2, 0) is 22.6 Å². The average molecular weight is 323 g/mol. The lowest BCUT2D eigenvalue weighted by molar-refractivity contribution is -0.151. The third-order valence-electron chi connectivity index (χ3n) is 4.62. The Morgan fingerprint density at radius 2 is 1.58 bits per heavy atom. The largest absolute Gasteiger partial charge is 0.481 e.